The summed E-state index contributed by atoms with van der Waals surface area (Å²) in [7, 11) is 1.78. The highest BCUT2D eigenvalue weighted by molar-refractivity contribution is 5.94. The summed E-state index contributed by atoms with van der Waals surface area (Å²) >= 11 is 0. The van der Waals surface area contributed by atoms with Crippen molar-refractivity contribution in [1.29, 1.82) is 0 Å². The van der Waals surface area contributed by atoms with E-state index < -0.39 is 11.5 Å². The lowest BCUT2D eigenvalue weighted by Crippen LogP contribution is -2.49. The number of amides is 3. The number of rotatable bonds is 18. The number of nitrogens with zero attached hydrogens (tertiary/aromatic N) is 5. The van der Waals surface area contributed by atoms with Gasteiger partial charge in [-0.2, -0.15) is 5.10 Å². The summed E-state index contributed by atoms with van der Waals surface area (Å²) in [5, 5.41) is 22.2. The van der Waals surface area contributed by atoms with Crippen LogP contribution in [-0.2, 0) is 36.1 Å². The maximum atomic E-state index is 13.6. The summed E-state index contributed by atoms with van der Waals surface area (Å²) in [5.74, 6) is -0.273. The van der Waals surface area contributed by atoms with E-state index in [4.69, 9.17) is 5.73 Å². The van der Waals surface area contributed by atoms with Crippen LogP contribution in [0, 0.1) is 6.92 Å². The van der Waals surface area contributed by atoms with E-state index in [2.05, 4.69) is 27.6 Å². The van der Waals surface area contributed by atoms with Crippen molar-refractivity contribution in [2.45, 2.75) is 89.8 Å². The maximum absolute atomic E-state index is 13.6. The molecule has 0 bridgehead atoms. The largest absolute Gasteiger partial charge is 0.388 e. The highest BCUT2D eigenvalue weighted by atomic mass is 16.3. The molecule has 306 valence electrons. The molecule has 3 amide bonds. The molecule has 5 N–H and O–H groups in total. The molecule has 3 heterocycles. The smallest absolute Gasteiger partial charge is 0.281 e. The highest BCUT2D eigenvalue weighted by Gasteiger charge is 2.35. The number of unbranched alkanes of at least 4 members (excludes halogenated alkanes) is 3. The van der Waals surface area contributed by atoms with E-state index in [-0.39, 0.29) is 41.9 Å². The molecule has 3 aromatic carbocycles. The van der Waals surface area contributed by atoms with Crippen LogP contribution in [0.4, 0.5) is 0 Å². The van der Waals surface area contributed by atoms with Crippen LogP contribution in [0.5, 0.6) is 0 Å². The highest BCUT2D eigenvalue weighted by Crippen LogP contribution is 2.28. The number of aryl methyl sites for hydroxylation is 2. The second-order valence-electron chi connectivity index (χ2n) is 15.7. The number of primary amides is 1. The van der Waals surface area contributed by atoms with Gasteiger partial charge in [0.05, 0.1) is 30.7 Å². The Balaban J connectivity index is 0.929. The molecule has 1 aliphatic heterocycles. The fourth-order valence-corrected chi connectivity index (χ4v) is 7.88. The van der Waals surface area contributed by atoms with Gasteiger partial charge in [0.25, 0.3) is 5.56 Å². The Morgan fingerprint density at radius 2 is 1.66 bits per heavy atom. The number of hydrogen-bond acceptors (Lipinski definition) is 8. The predicted molar refractivity (Wildman–Crippen MR) is 225 cm³/mol. The number of piperidine rings is 1. The zero-order chi connectivity index (χ0) is 41.2. The Morgan fingerprint density at radius 1 is 0.931 bits per heavy atom. The Hall–Kier alpha value is -5.66. The second-order valence-corrected chi connectivity index (χ2v) is 15.7. The topological polar surface area (TPSA) is 177 Å². The van der Waals surface area contributed by atoms with Gasteiger partial charge in [0.15, 0.2) is 5.52 Å². The molecule has 2 aromatic heterocycles. The van der Waals surface area contributed by atoms with E-state index in [0.29, 0.717) is 62.2 Å². The molecule has 6 rings (SSSR count). The van der Waals surface area contributed by atoms with Gasteiger partial charge in [-0.15, -0.1) is 0 Å². The minimum atomic E-state index is -1.15. The van der Waals surface area contributed by atoms with Gasteiger partial charge >= 0.3 is 0 Å². The molecule has 58 heavy (non-hydrogen) atoms. The average molecular weight is 789 g/mol. The molecule has 1 fully saturated rings. The summed E-state index contributed by atoms with van der Waals surface area (Å²) < 4.78 is 3.08. The zero-order valence-corrected chi connectivity index (χ0v) is 33.9. The molecule has 0 radical (unpaired) electrons. The van der Waals surface area contributed by atoms with Crippen molar-refractivity contribution in [1.82, 2.24) is 34.9 Å². The average Bonchev–Trinajstić information content (AvgIpc) is 3.56. The zero-order valence-electron chi connectivity index (χ0n) is 33.9. The Labute approximate surface area is 339 Å². The van der Waals surface area contributed by atoms with Gasteiger partial charge in [-0.3, -0.25) is 28.4 Å². The van der Waals surface area contributed by atoms with E-state index in [1.165, 1.54) is 10.9 Å². The van der Waals surface area contributed by atoms with Crippen LogP contribution in [-0.4, -0.2) is 78.8 Å². The number of aromatic nitrogens is 4. The number of fused-ring (bicyclic) bond motifs is 1. The van der Waals surface area contributed by atoms with E-state index >= 15 is 0 Å². The van der Waals surface area contributed by atoms with Gasteiger partial charge in [0.2, 0.25) is 17.7 Å². The maximum Gasteiger partial charge on any atom is 0.281 e. The molecule has 0 aliphatic carbocycles. The fourth-order valence-electron chi connectivity index (χ4n) is 7.88. The van der Waals surface area contributed by atoms with Crippen LogP contribution in [0.1, 0.15) is 90.4 Å². The number of hydrogen-bond donors (Lipinski definition) is 4. The van der Waals surface area contributed by atoms with Crippen LogP contribution in [0.2, 0.25) is 0 Å². The van der Waals surface area contributed by atoms with Crippen molar-refractivity contribution >= 4 is 28.8 Å². The third-order valence-corrected chi connectivity index (χ3v) is 11.4. The first-order valence-electron chi connectivity index (χ1n) is 20.3. The summed E-state index contributed by atoms with van der Waals surface area (Å²) in [6.07, 6.45) is 7.47. The number of nitrogens with two attached hydrogens (primary N) is 1. The minimum Gasteiger partial charge on any atom is -0.388 e. The summed E-state index contributed by atoms with van der Waals surface area (Å²) in [6, 6.07) is 23.5. The third-order valence-electron chi connectivity index (χ3n) is 11.4. The number of carbonyl (C=O) groups excluding carboxylic acids is 3. The van der Waals surface area contributed by atoms with Crippen LogP contribution < -0.4 is 21.9 Å². The Kier molecular flexibility index (Phi) is 13.9. The molecular formula is C45H56N8O5. The fraction of sp³-hybridized carbons (Fsp3) is 0.422. The minimum absolute atomic E-state index is 0.0505. The SMILES string of the molecule is Cc1c(CCCCCCNC(=O)CNCc2ccc(-c3c4ncn(CC5(O)CCN(C(=O)CC(C)c6ccccc6)CC5)c(=O)c4nn3C)cc2)cccc1C(N)=O. The molecule has 1 atom stereocenters. The Bertz CT molecular complexity index is 2260. The van der Waals surface area contributed by atoms with Crippen LogP contribution in [0.25, 0.3) is 22.3 Å². The summed E-state index contributed by atoms with van der Waals surface area (Å²) in [5.41, 5.74) is 11.1. The second kappa shape index (κ2) is 19.2. The van der Waals surface area contributed by atoms with Crippen molar-refractivity contribution in [2.75, 3.05) is 26.2 Å². The van der Waals surface area contributed by atoms with Gasteiger partial charge < -0.3 is 26.4 Å². The lowest BCUT2D eigenvalue weighted by Gasteiger charge is -2.38. The molecular weight excluding hydrogens is 733 g/mol. The molecule has 1 aliphatic rings. The standard InChI is InChI=1S/C45H56N8O5/c1-31(34-12-8-6-9-13-34)26-39(55)52-24-21-45(58,22-25-52)29-53-30-49-40-41(44(53)57)50-51(3)42(40)36-19-17-33(18-20-36)27-47-28-38(54)48-23-10-5-4-7-14-35-15-11-16-37(32(35)2)43(46)56/h6,8-9,11-13,15-20,30-31,47,58H,4-5,7,10,14,21-29H2,1-3H3,(H2,46,56)(H,48,54). The monoisotopic (exact) mass is 788 g/mol. The van der Waals surface area contributed by atoms with Crippen LogP contribution in [0.3, 0.4) is 0 Å². The third kappa shape index (κ3) is 10.4. The molecule has 0 spiro atoms. The number of likely N-dealkylation sites (tertiary alicyclic amines) is 1. The lowest BCUT2D eigenvalue weighted by atomic mass is 9.90. The first-order valence-corrected chi connectivity index (χ1v) is 20.3. The number of nitrogens with one attached hydrogen (secondary N) is 2. The molecule has 1 unspecified atom stereocenters. The lowest BCUT2D eigenvalue weighted by molar-refractivity contribution is -0.136. The van der Waals surface area contributed by atoms with E-state index in [9.17, 15) is 24.3 Å². The normalized spacial score (nSPS) is 14.4. The van der Waals surface area contributed by atoms with E-state index in [0.717, 1.165) is 59.9 Å². The van der Waals surface area contributed by atoms with Crippen molar-refractivity contribution in [3.8, 4) is 11.3 Å². The number of benzene rings is 3. The van der Waals surface area contributed by atoms with Crippen LogP contribution in [0.15, 0.2) is 83.9 Å². The van der Waals surface area contributed by atoms with Gasteiger partial charge in [0.1, 0.15) is 5.52 Å². The first kappa shape index (κ1) is 42.0. The number of carbonyl (C=O) groups is 3. The van der Waals surface area contributed by atoms with Gasteiger partial charge in [-0.25, -0.2) is 4.98 Å². The van der Waals surface area contributed by atoms with Gasteiger partial charge in [-0.1, -0.05) is 86.5 Å². The predicted octanol–water partition coefficient (Wildman–Crippen LogP) is 4.76. The first-order chi connectivity index (χ1) is 27.9. The van der Waals surface area contributed by atoms with E-state index in [1.807, 2.05) is 78.6 Å². The van der Waals surface area contributed by atoms with Crippen LogP contribution >= 0.6 is 0 Å². The molecule has 0 saturated carbocycles. The quantitative estimate of drug-likeness (QED) is 0.0919. The van der Waals surface area contributed by atoms with Crippen molar-refractivity contribution in [2.24, 2.45) is 12.8 Å². The van der Waals surface area contributed by atoms with E-state index in [1.54, 1.807) is 17.8 Å². The van der Waals surface area contributed by atoms with Crippen molar-refractivity contribution in [3.05, 3.63) is 117 Å². The number of aliphatic hydroxyl groups is 1. The van der Waals surface area contributed by atoms with Crippen molar-refractivity contribution in [3.63, 3.8) is 0 Å². The van der Waals surface area contributed by atoms with Gasteiger partial charge in [-0.05, 0) is 73.3 Å². The summed E-state index contributed by atoms with van der Waals surface area (Å²) in [4.78, 5) is 57.1. The molecule has 5 aromatic rings. The summed E-state index contributed by atoms with van der Waals surface area (Å²) in [6.45, 7) is 6.26. The molecule has 13 nitrogen and oxygen atoms in total. The van der Waals surface area contributed by atoms with Crippen molar-refractivity contribution < 1.29 is 19.5 Å². The Morgan fingerprint density at radius 3 is 2.38 bits per heavy atom. The van der Waals surface area contributed by atoms with Gasteiger partial charge in [0, 0.05) is 50.8 Å². The molecule has 13 heteroatoms. The molecule has 1 saturated heterocycles.